The number of nitro groups is 2. The zero-order valence-electron chi connectivity index (χ0n) is 22.7. The smallest absolute Gasteiger partial charge is 0.269 e. The minimum Gasteiger partial charge on any atom is -0.363 e. The van der Waals surface area contributed by atoms with Gasteiger partial charge in [-0.2, -0.15) is 0 Å². The summed E-state index contributed by atoms with van der Waals surface area (Å²) in [5, 5.41) is 32.4. The highest BCUT2D eigenvalue weighted by atomic mass is 35.5. The van der Waals surface area contributed by atoms with Crippen LogP contribution < -0.4 is 0 Å². The predicted octanol–water partition coefficient (Wildman–Crippen LogP) is 6.90. The van der Waals surface area contributed by atoms with Crippen molar-refractivity contribution in [2.24, 2.45) is 10.3 Å². The van der Waals surface area contributed by atoms with E-state index in [1.807, 2.05) is 34.1 Å². The highest BCUT2D eigenvalue weighted by Crippen LogP contribution is 2.35. The zero-order chi connectivity index (χ0) is 30.8. The number of nitrogens with zero attached hydrogens (tertiary/aromatic N) is 6. The van der Waals surface area contributed by atoms with Gasteiger partial charge in [0.2, 0.25) is 12.5 Å². The summed E-state index contributed by atoms with van der Waals surface area (Å²) in [6.07, 6.45) is -1.36. The molecule has 12 nitrogen and oxygen atoms in total. The Morgan fingerprint density at radius 3 is 1.25 bits per heavy atom. The van der Waals surface area contributed by atoms with Crippen LogP contribution in [0.2, 0.25) is 10.0 Å². The van der Waals surface area contributed by atoms with E-state index in [2.05, 4.69) is 10.3 Å². The third kappa shape index (κ3) is 5.85. The highest BCUT2D eigenvalue weighted by Gasteiger charge is 2.37. The van der Waals surface area contributed by atoms with E-state index in [1.165, 1.54) is 24.3 Å². The number of rotatable bonds is 9. The first-order valence-corrected chi connectivity index (χ1v) is 14.1. The first-order valence-electron chi connectivity index (χ1n) is 13.3. The SMILES string of the molecule is O=[N+]([O-])c1ccc(C2ON=C(c3ccc(Cl)cc3)N2CCN2C(c3ccc(Cl)cc3)=NOC2c2ccc([N+](=O)[O-])cc2)cc1. The van der Waals surface area contributed by atoms with E-state index in [9.17, 15) is 20.2 Å². The van der Waals surface area contributed by atoms with Crippen LogP contribution in [0.5, 0.6) is 0 Å². The van der Waals surface area contributed by atoms with Gasteiger partial charge in [-0.05, 0) is 72.8 Å². The highest BCUT2D eigenvalue weighted by molar-refractivity contribution is 6.31. The summed E-state index contributed by atoms with van der Waals surface area (Å²) in [6, 6.07) is 26.5. The van der Waals surface area contributed by atoms with Gasteiger partial charge >= 0.3 is 0 Å². The lowest BCUT2D eigenvalue weighted by atomic mass is 10.1. The van der Waals surface area contributed by atoms with Crippen LogP contribution in [0, 0.1) is 20.2 Å². The molecular formula is C30H22Cl2N6O6. The van der Waals surface area contributed by atoms with Crippen molar-refractivity contribution in [1.82, 2.24) is 9.80 Å². The van der Waals surface area contributed by atoms with Crippen LogP contribution in [-0.2, 0) is 9.68 Å². The van der Waals surface area contributed by atoms with Crippen LogP contribution in [0.4, 0.5) is 11.4 Å². The van der Waals surface area contributed by atoms with E-state index < -0.39 is 22.3 Å². The molecule has 2 unspecified atom stereocenters. The summed E-state index contributed by atoms with van der Waals surface area (Å²) in [4.78, 5) is 37.2. The molecule has 2 aliphatic heterocycles. The van der Waals surface area contributed by atoms with Gasteiger partial charge in [0, 0.05) is 69.7 Å². The van der Waals surface area contributed by atoms with Crippen molar-refractivity contribution < 1.29 is 19.5 Å². The zero-order valence-corrected chi connectivity index (χ0v) is 24.2. The molecular weight excluding hydrogens is 611 g/mol. The molecule has 222 valence electrons. The fraction of sp³-hybridized carbons (Fsp3) is 0.133. The molecule has 0 saturated heterocycles. The third-order valence-electron chi connectivity index (χ3n) is 7.15. The maximum Gasteiger partial charge on any atom is 0.269 e. The molecule has 2 atom stereocenters. The first-order chi connectivity index (χ1) is 21.3. The molecule has 0 aromatic heterocycles. The molecule has 0 amide bonds. The lowest BCUT2D eigenvalue weighted by Crippen LogP contribution is -2.41. The molecule has 4 aromatic rings. The molecule has 0 spiro atoms. The van der Waals surface area contributed by atoms with Gasteiger partial charge in [-0.25, -0.2) is 0 Å². The number of amidine groups is 2. The molecule has 6 rings (SSSR count). The van der Waals surface area contributed by atoms with Crippen molar-refractivity contribution in [2.45, 2.75) is 12.5 Å². The number of halogens is 2. The van der Waals surface area contributed by atoms with Crippen molar-refractivity contribution in [3.05, 3.63) is 150 Å². The van der Waals surface area contributed by atoms with Gasteiger partial charge in [0.05, 0.1) is 9.85 Å². The van der Waals surface area contributed by atoms with Crippen molar-refractivity contribution >= 4 is 46.2 Å². The Bertz CT molecular complexity index is 1620. The van der Waals surface area contributed by atoms with E-state index in [0.29, 0.717) is 45.9 Å². The Morgan fingerprint density at radius 1 is 0.591 bits per heavy atom. The molecule has 2 aliphatic rings. The molecule has 0 radical (unpaired) electrons. The summed E-state index contributed by atoms with van der Waals surface area (Å²) in [7, 11) is 0. The predicted molar refractivity (Wildman–Crippen MR) is 163 cm³/mol. The fourth-order valence-electron chi connectivity index (χ4n) is 4.94. The van der Waals surface area contributed by atoms with Gasteiger partial charge in [0.15, 0.2) is 11.7 Å². The average molecular weight is 633 g/mol. The molecule has 14 heteroatoms. The van der Waals surface area contributed by atoms with Crippen molar-refractivity contribution in [3.8, 4) is 0 Å². The van der Waals surface area contributed by atoms with Crippen LogP contribution in [0.1, 0.15) is 34.7 Å². The molecule has 44 heavy (non-hydrogen) atoms. The summed E-state index contributed by atoms with van der Waals surface area (Å²) < 4.78 is 0. The Morgan fingerprint density at radius 2 is 0.932 bits per heavy atom. The van der Waals surface area contributed by atoms with E-state index in [4.69, 9.17) is 32.9 Å². The number of hydrogen-bond acceptors (Lipinski definition) is 10. The second-order valence-corrected chi connectivity index (χ2v) is 10.7. The molecule has 4 aromatic carbocycles. The Labute approximate surface area is 260 Å². The number of oxime groups is 2. The normalized spacial score (nSPS) is 17.5. The van der Waals surface area contributed by atoms with Crippen LogP contribution in [0.3, 0.4) is 0 Å². The average Bonchev–Trinajstić information content (AvgIpc) is 3.65. The lowest BCUT2D eigenvalue weighted by molar-refractivity contribution is -0.385. The van der Waals surface area contributed by atoms with Crippen LogP contribution in [-0.4, -0.2) is 44.4 Å². The Balaban J connectivity index is 1.33. The van der Waals surface area contributed by atoms with Crippen LogP contribution in [0.25, 0.3) is 0 Å². The molecule has 2 heterocycles. The van der Waals surface area contributed by atoms with E-state index in [-0.39, 0.29) is 11.4 Å². The van der Waals surface area contributed by atoms with Gasteiger partial charge in [0.1, 0.15) is 0 Å². The Hall–Kier alpha value is -5.20. The van der Waals surface area contributed by atoms with Gasteiger partial charge in [-0.15, -0.1) is 0 Å². The topological polar surface area (TPSA) is 136 Å². The summed E-state index contributed by atoms with van der Waals surface area (Å²) in [5.41, 5.74) is 2.77. The summed E-state index contributed by atoms with van der Waals surface area (Å²) in [6.45, 7) is 0.700. The van der Waals surface area contributed by atoms with E-state index in [1.54, 1.807) is 48.5 Å². The minimum atomic E-state index is -0.682. The number of hydrogen-bond donors (Lipinski definition) is 0. The maximum atomic E-state index is 11.2. The molecule has 0 N–H and O–H groups in total. The summed E-state index contributed by atoms with van der Waals surface area (Å²) >= 11 is 12.3. The largest absolute Gasteiger partial charge is 0.363 e. The minimum absolute atomic E-state index is 0.0406. The van der Waals surface area contributed by atoms with E-state index >= 15 is 0 Å². The van der Waals surface area contributed by atoms with Crippen molar-refractivity contribution in [2.75, 3.05) is 13.1 Å². The second-order valence-electron chi connectivity index (χ2n) is 9.84. The van der Waals surface area contributed by atoms with E-state index in [0.717, 1.165) is 11.1 Å². The van der Waals surface area contributed by atoms with Crippen molar-refractivity contribution in [1.29, 1.82) is 0 Å². The van der Waals surface area contributed by atoms with Gasteiger partial charge in [-0.1, -0.05) is 33.5 Å². The lowest BCUT2D eigenvalue weighted by Gasteiger charge is -2.31. The molecule has 0 saturated carbocycles. The van der Waals surface area contributed by atoms with Gasteiger partial charge in [0.25, 0.3) is 11.4 Å². The molecule has 0 fully saturated rings. The van der Waals surface area contributed by atoms with Crippen LogP contribution >= 0.6 is 23.2 Å². The number of nitro benzene ring substituents is 2. The molecule has 0 aliphatic carbocycles. The second kappa shape index (κ2) is 12.2. The number of benzene rings is 4. The van der Waals surface area contributed by atoms with Gasteiger partial charge < -0.3 is 19.5 Å². The van der Waals surface area contributed by atoms with Crippen molar-refractivity contribution in [3.63, 3.8) is 0 Å². The fourth-order valence-corrected chi connectivity index (χ4v) is 5.19. The first kappa shape index (κ1) is 28.9. The summed E-state index contributed by atoms with van der Waals surface area (Å²) in [5.74, 6) is 1.09. The molecule has 0 bridgehead atoms. The monoisotopic (exact) mass is 632 g/mol. The Kier molecular flexibility index (Phi) is 8.01. The maximum absolute atomic E-state index is 11.2. The standard InChI is InChI=1S/C30H22Cl2N6O6/c31-23-9-1-19(2-10-23)27-33-43-29(21-5-13-25(14-6-21)37(39)40)35(27)17-18-36-28(20-3-11-24(32)12-4-20)34-44-30(36)22-7-15-26(16-8-22)38(41)42/h1-16,29-30H,17-18H2. The quantitative estimate of drug-likeness (QED) is 0.144. The van der Waals surface area contributed by atoms with Crippen LogP contribution in [0.15, 0.2) is 107 Å². The van der Waals surface area contributed by atoms with Gasteiger partial charge in [-0.3, -0.25) is 20.2 Å². The number of non-ortho nitro benzene ring substituents is 2. The third-order valence-corrected chi connectivity index (χ3v) is 7.66.